The molecule has 3 nitrogen and oxygen atoms in total. The Labute approximate surface area is 103 Å². The Hall–Kier alpha value is -1.06. The summed E-state index contributed by atoms with van der Waals surface area (Å²) in [7, 11) is 1.69. The molecular weight excluding hydrogens is 214 g/mol. The highest BCUT2D eigenvalue weighted by Crippen LogP contribution is 2.24. The summed E-state index contributed by atoms with van der Waals surface area (Å²) < 4.78 is 10.8. The van der Waals surface area contributed by atoms with Gasteiger partial charge in [-0.3, -0.25) is 0 Å². The molecule has 0 aromatic heterocycles. The molecule has 1 saturated heterocycles. The van der Waals surface area contributed by atoms with Gasteiger partial charge in [-0.1, -0.05) is 19.1 Å². The molecule has 1 atom stereocenters. The minimum atomic E-state index is 0.186. The number of hydrogen-bond acceptors (Lipinski definition) is 3. The average molecular weight is 235 g/mol. The van der Waals surface area contributed by atoms with Crippen LogP contribution in [0.1, 0.15) is 12.5 Å². The largest absolute Gasteiger partial charge is 0.497 e. The van der Waals surface area contributed by atoms with Crippen molar-refractivity contribution < 1.29 is 9.47 Å². The van der Waals surface area contributed by atoms with Gasteiger partial charge in [0.1, 0.15) is 5.75 Å². The van der Waals surface area contributed by atoms with Gasteiger partial charge in [0, 0.05) is 18.5 Å². The summed E-state index contributed by atoms with van der Waals surface area (Å²) >= 11 is 0. The Kier molecular flexibility index (Phi) is 4.02. The van der Waals surface area contributed by atoms with Gasteiger partial charge in [-0.2, -0.15) is 0 Å². The third-order valence-electron chi connectivity index (χ3n) is 3.22. The average Bonchev–Trinajstić information content (AvgIpc) is 2.55. The van der Waals surface area contributed by atoms with Gasteiger partial charge in [-0.25, -0.2) is 0 Å². The maximum absolute atomic E-state index is 5.64. The second kappa shape index (κ2) is 5.52. The third kappa shape index (κ3) is 3.45. The van der Waals surface area contributed by atoms with Crippen LogP contribution in [0.15, 0.2) is 24.3 Å². The SMILES string of the molecule is COc1ccc(CC2(C)CNCCOC2)cc1. The second-order valence-electron chi connectivity index (χ2n) is 5.06. The summed E-state index contributed by atoms with van der Waals surface area (Å²) in [5.74, 6) is 0.911. The van der Waals surface area contributed by atoms with Crippen molar-refractivity contribution >= 4 is 0 Å². The summed E-state index contributed by atoms with van der Waals surface area (Å²) in [5.41, 5.74) is 1.52. The van der Waals surface area contributed by atoms with Crippen molar-refractivity contribution in [3.8, 4) is 5.75 Å². The normalized spacial score (nSPS) is 25.3. The summed E-state index contributed by atoms with van der Waals surface area (Å²) in [6.45, 7) is 5.89. The molecule has 1 aliphatic heterocycles. The van der Waals surface area contributed by atoms with Gasteiger partial charge in [0.2, 0.25) is 0 Å². The summed E-state index contributed by atoms with van der Waals surface area (Å²) in [6.07, 6.45) is 1.03. The predicted molar refractivity (Wildman–Crippen MR) is 68.5 cm³/mol. The smallest absolute Gasteiger partial charge is 0.118 e. The number of hydrogen-bond donors (Lipinski definition) is 1. The van der Waals surface area contributed by atoms with Crippen LogP contribution in [-0.2, 0) is 11.2 Å². The van der Waals surface area contributed by atoms with E-state index < -0.39 is 0 Å². The highest BCUT2D eigenvalue weighted by molar-refractivity contribution is 5.27. The van der Waals surface area contributed by atoms with Crippen LogP contribution in [0.2, 0.25) is 0 Å². The summed E-state index contributed by atoms with van der Waals surface area (Å²) in [4.78, 5) is 0. The standard InChI is InChI=1S/C14H21NO2/c1-14(10-15-7-8-17-11-14)9-12-3-5-13(16-2)6-4-12/h3-6,15H,7-11H2,1-2H3. The van der Waals surface area contributed by atoms with E-state index in [4.69, 9.17) is 9.47 Å². The van der Waals surface area contributed by atoms with Gasteiger partial charge in [0.05, 0.1) is 20.3 Å². The van der Waals surface area contributed by atoms with E-state index in [0.29, 0.717) is 0 Å². The van der Waals surface area contributed by atoms with E-state index in [2.05, 4.69) is 24.4 Å². The number of ether oxygens (including phenoxy) is 2. The summed E-state index contributed by atoms with van der Waals surface area (Å²) in [5, 5.41) is 3.43. The van der Waals surface area contributed by atoms with Crippen LogP contribution in [0.5, 0.6) is 5.75 Å². The molecule has 3 heteroatoms. The number of rotatable bonds is 3. The Morgan fingerprint density at radius 1 is 1.35 bits per heavy atom. The zero-order valence-corrected chi connectivity index (χ0v) is 10.7. The predicted octanol–water partition coefficient (Wildman–Crippen LogP) is 1.86. The fourth-order valence-electron chi connectivity index (χ4n) is 2.25. The first-order valence-corrected chi connectivity index (χ1v) is 6.13. The molecule has 0 spiro atoms. The van der Waals surface area contributed by atoms with Gasteiger partial charge < -0.3 is 14.8 Å². The quantitative estimate of drug-likeness (QED) is 0.867. The molecule has 0 bridgehead atoms. The van der Waals surface area contributed by atoms with Crippen molar-refractivity contribution in [2.45, 2.75) is 13.3 Å². The van der Waals surface area contributed by atoms with Crippen molar-refractivity contribution in [3.05, 3.63) is 29.8 Å². The molecule has 0 amide bonds. The first-order valence-electron chi connectivity index (χ1n) is 6.13. The van der Waals surface area contributed by atoms with E-state index in [1.165, 1.54) is 5.56 Å². The molecule has 1 aromatic rings. The lowest BCUT2D eigenvalue weighted by molar-refractivity contribution is 0.0796. The zero-order chi connectivity index (χ0) is 12.1. The maximum atomic E-state index is 5.64. The van der Waals surface area contributed by atoms with Crippen molar-refractivity contribution in [1.82, 2.24) is 5.32 Å². The highest BCUT2D eigenvalue weighted by Gasteiger charge is 2.26. The second-order valence-corrected chi connectivity index (χ2v) is 5.06. The number of methoxy groups -OCH3 is 1. The van der Waals surface area contributed by atoms with E-state index in [9.17, 15) is 0 Å². The van der Waals surface area contributed by atoms with E-state index in [0.717, 1.165) is 38.5 Å². The topological polar surface area (TPSA) is 30.5 Å². The molecule has 0 aliphatic carbocycles. The Morgan fingerprint density at radius 3 is 2.82 bits per heavy atom. The molecule has 1 aromatic carbocycles. The van der Waals surface area contributed by atoms with Gasteiger partial charge >= 0.3 is 0 Å². The molecule has 1 aliphatic rings. The lowest BCUT2D eigenvalue weighted by Gasteiger charge is -2.27. The van der Waals surface area contributed by atoms with Gasteiger partial charge in [-0.15, -0.1) is 0 Å². The molecule has 1 fully saturated rings. The van der Waals surface area contributed by atoms with Gasteiger partial charge in [0.25, 0.3) is 0 Å². The van der Waals surface area contributed by atoms with Crippen LogP contribution in [0.25, 0.3) is 0 Å². The lowest BCUT2D eigenvalue weighted by atomic mass is 9.84. The minimum Gasteiger partial charge on any atom is -0.497 e. The van der Waals surface area contributed by atoms with E-state index in [1.54, 1.807) is 7.11 Å². The number of benzene rings is 1. The molecule has 0 radical (unpaired) electrons. The molecule has 1 N–H and O–H groups in total. The van der Waals surface area contributed by atoms with Crippen molar-refractivity contribution in [1.29, 1.82) is 0 Å². The van der Waals surface area contributed by atoms with Gasteiger partial charge in [-0.05, 0) is 24.1 Å². The van der Waals surface area contributed by atoms with Crippen LogP contribution >= 0.6 is 0 Å². The minimum absolute atomic E-state index is 0.186. The molecule has 2 rings (SSSR count). The molecule has 17 heavy (non-hydrogen) atoms. The maximum Gasteiger partial charge on any atom is 0.118 e. The van der Waals surface area contributed by atoms with E-state index in [1.807, 2.05) is 12.1 Å². The Morgan fingerprint density at radius 2 is 2.12 bits per heavy atom. The van der Waals surface area contributed by atoms with Crippen molar-refractivity contribution in [2.75, 3.05) is 33.4 Å². The third-order valence-corrected chi connectivity index (χ3v) is 3.22. The van der Waals surface area contributed by atoms with E-state index in [-0.39, 0.29) is 5.41 Å². The molecular formula is C14H21NO2. The molecule has 1 unspecified atom stereocenters. The Bertz CT molecular complexity index is 340. The molecule has 0 saturated carbocycles. The van der Waals surface area contributed by atoms with Crippen molar-refractivity contribution in [3.63, 3.8) is 0 Å². The first kappa shape index (κ1) is 12.4. The van der Waals surface area contributed by atoms with Crippen LogP contribution < -0.4 is 10.1 Å². The fourth-order valence-corrected chi connectivity index (χ4v) is 2.25. The van der Waals surface area contributed by atoms with Crippen LogP contribution in [0, 0.1) is 5.41 Å². The first-order chi connectivity index (χ1) is 8.22. The van der Waals surface area contributed by atoms with Gasteiger partial charge in [0.15, 0.2) is 0 Å². The highest BCUT2D eigenvalue weighted by atomic mass is 16.5. The van der Waals surface area contributed by atoms with Crippen LogP contribution in [-0.4, -0.2) is 33.4 Å². The number of nitrogens with one attached hydrogen (secondary N) is 1. The molecule has 1 heterocycles. The molecule has 94 valence electrons. The van der Waals surface area contributed by atoms with Crippen molar-refractivity contribution in [2.24, 2.45) is 5.41 Å². The fraction of sp³-hybridized carbons (Fsp3) is 0.571. The van der Waals surface area contributed by atoms with Crippen LogP contribution in [0.3, 0.4) is 0 Å². The monoisotopic (exact) mass is 235 g/mol. The lowest BCUT2D eigenvalue weighted by Crippen LogP contribution is -2.34. The Balaban J connectivity index is 2.02. The zero-order valence-electron chi connectivity index (χ0n) is 10.7. The summed E-state index contributed by atoms with van der Waals surface area (Å²) in [6, 6.07) is 8.30. The van der Waals surface area contributed by atoms with E-state index >= 15 is 0 Å². The van der Waals surface area contributed by atoms with Crippen LogP contribution in [0.4, 0.5) is 0 Å².